The van der Waals surface area contributed by atoms with Crippen molar-refractivity contribution in [3.05, 3.63) is 106 Å². The second kappa shape index (κ2) is 11.8. The number of aliphatic imine (C=N–C) groups is 1. The number of nitrogens with zero attached hydrogens (tertiary/aromatic N) is 5. The number of halogens is 2. The molecule has 4 aromatic rings. The summed E-state index contributed by atoms with van der Waals surface area (Å²) in [4.78, 5) is 44.0. The molecular formula is C34H30F2N6O3. The summed E-state index contributed by atoms with van der Waals surface area (Å²) < 4.78 is 34.7. The first-order chi connectivity index (χ1) is 21.9. The van der Waals surface area contributed by atoms with Crippen LogP contribution in [0.15, 0.2) is 65.7 Å². The highest BCUT2D eigenvalue weighted by Crippen LogP contribution is 2.32. The van der Waals surface area contributed by atoms with E-state index < -0.39 is 17.5 Å². The molecule has 0 aliphatic carbocycles. The summed E-state index contributed by atoms with van der Waals surface area (Å²) in [6.07, 6.45) is 0.844. The number of ether oxygens (including phenoxy) is 1. The van der Waals surface area contributed by atoms with E-state index in [4.69, 9.17) is 20.4 Å². The van der Waals surface area contributed by atoms with Gasteiger partial charge in [0.1, 0.15) is 24.0 Å². The molecule has 2 N–H and O–H groups in total. The molecule has 7 rings (SSSR count). The number of ketones is 1. The number of nitrogen functional groups attached to an aromatic ring is 1. The topological polar surface area (TPSA) is 114 Å². The van der Waals surface area contributed by atoms with Crippen LogP contribution in [0.5, 0.6) is 0 Å². The number of hydrogen-bond donors (Lipinski definition) is 1. The number of amides is 1. The summed E-state index contributed by atoms with van der Waals surface area (Å²) in [7, 11) is 0. The van der Waals surface area contributed by atoms with Crippen LogP contribution in [0.1, 0.15) is 43.1 Å². The molecule has 1 fully saturated rings. The number of benzene rings is 3. The van der Waals surface area contributed by atoms with E-state index >= 15 is 4.39 Å². The van der Waals surface area contributed by atoms with Crippen molar-refractivity contribution >= 4 is 28.9 Å². The van der Waals surface area contributed by atoms with Crippen LogP contribution in [-0.2, 0) is 24.1 Å². The zero-order valence-corrected chi connectivity index (χ0v) is 24.4. The van der Waals surface area contributed by atoms with Gasteiger partial charge in [-0.3, -0.25) is 14.6 Å². The fraction of sp³-hybridized carbons (Fsp3) is 0.265. The first kappa shape index (κ1) is 28.7. The number of rotatable bonds is 5. The van der Waals surface area contributed by atoms with Crippen LogP contribution in [-0.4, -0.2) is 71.7 Å². The van der Waals surface area contributed by atoms with Gasteiger partial charge in [0.2, 0.25) is 0 Å². The van der Waals surface area contributed by atoms with E-state index in [1.54, 1.807) is 29.2 Å². The third-order valence-electron chi connectivity index (χ3n) is 8.48. The van der Waals surface area contributed by atoms with Gasteiger partial charge in [0.15, 0.2) is 11.6 Å². The van der Waals surface area contributed by atoms with E-state index in [2.05, 4.69) is 9.89 Å². The molecule has 3 aliphatic heterocycles. The summed E-state index contributed by atoms with van der Waals surface area (Å²) in [5.74, 6) is -0.499. The number of fused-ring (bicyclic) bond motifs is 2. The molecule has 3 aliphatic rings. The van der Waals surface area contributed by atoms with Gasteiger partial charge in [0.25, 0.3) is 5.91 Å². The first-order valence-electron chi connectivity index (χ1n) is 14.9. The van der Waals surface area contributed by atoms with E-state index in [-0.39, 0.29) is 30.1 Å². The van der Waals surface area contributed by atoms with Crippen LogP contribution in [0.3, 0.4) is 0 Å². The number of nitrogens with two attached hydrogens (primary N) is 1. The van der Waals surface area contributed by atoms with E-state index in [0.29, 0.717) is 73.9 Å². The molecule has 1 amide bonds. The second-order valence-corrected chi connectivity index (χ2v) is 11.3. The smallest absolute Gasteiger partial charge is 0.257 e. The maximum atomic E-state index is 15.2. The maximum absolute atomic E-state index is 15.2. The van der Waals surface area contributed by atoms with Gasteiger partial charge in [0.05, 0.1) is 36.7 Å². The largest absolute Gasteiger partial charge is 0.396 e. The molecule has 0 radical (unpaired) electrons. The number of morpholine rings is 1. The van der Waals surface area contributed by atoms with Crippen LogP contribution < -0.4 is 10.6 Å². The number of anilines is 2. The molecular weight excluding hydrogens is 578 g/mol. The molecule has 3 aromatic carbocycles. The SMILES string of the molecule is Nc1cc(-c2nc3c(c(N4CCOCC4)n2)CCN(C(=O)c2cc(CC4=NCC(=O)c5ccccc54)ccc2F)C3)ccc1F. The van der Waals surface area contributed by atoms with Crippen molar-refractivity contribution in [3.8, 4) is 11.4 Å². The fourth-order valence-electron chi connectivity index (χ4n) is 6.11. The van der Waals surface area contributed by atoms with E-state index in [1.165, 1.54) is 18.2 Å². The third-order valence-corrected chi connectivity index (χ3v) is 8.48. The van der Waals surface area contributed by atoms with Gasteiger partial charge in [-0.05, 0) is 42.3 Å². The van der Waals surface area contributed by atoms with Gasteiger partial charge < -0.3 is 20.3 Å². The van der Waals surface area contributed by atoms with Gasteiger partial charge in [0, 0.05) is 54.0 Å². The molecule has 45 heavy (non-hydrogen) atoms. The van der Waals surface area contributed by atoms with Gasteiger partial charge in [-0.1, -0.05) is 30.3 Å². The van der Waals surface area contributed by atoms with Crippen molar-refractivity contribution in [1.82, 2.24) is 14.9 Å². The standard InChI is InChI=1S/C34H30F2N6O3/c35-26-7-5-20(16-29-22-3-1-2-4-23(22)31(43)18-38-29)15-25(26)34(44)42-10-9-24-30(19-42)39-32(21-6-8-27(36)28(37)17-21)40-33(24)41-11-13-45-14-12-41/h1-8,15,17H,9-14,16,18-19,37H2. The molecule has 0 unspecified atom stereocenters. The monoisotopic (exact) mass is 608 g/mol. The van der Waals surface area contributed by atoms with Crippen molar-refractivity contribution in [2.75, 3.05) is 50.0 Å². The molecule has 11 heteroatoms. The molecule has 4 heterocycles. The van der Waals surface area contributed by atoms with E-state index in [9.17, 15) is 14.0 Å². The Kier molecular flexibility index (Phi) is 7.54. The minimum atomic E-state index is -0.616. The average molecular weight is 609 g/mol. The lowest BCUT2D eigenvalue weighted by Gasteiger charge is -2.34. The summed E-state index contributed by atoms with van der Waals surface area (Å²) in [5.41, 5.74) is 10.8. The van der Waals surface area contributed by atoms with Crippen LogP contribution in [0.2, 0.25) is 0 Å². The predicted molar refractivity (Wildman–Crippen MR) is 166 cm³/mol. The summed E-state index contributed by atoms with van der Waals surface area (Å²) in [5, 5.41) is 0. The highest BCUT2D eigenvalue weighted by molar-refractivity contribution is 6.15. The van der Waals surface area contributed by atoms with Gasteiger partial charge in [-0.2, -0.15) is 0 Å². The highest BCUT2D eigenvalue weighted by Gasteiger charge is 2.30. The Hall–Kier alpha value is -5.03. The number of carbonyl (C=O) groups excluding carboxylic acids is 2. The Morgan fingerprint density at radius 2 is 1.71 bits per heavy atom. The number of carbonyl (C=O) groups is 2. The van der Waals surface area contributed by atoms with Crippen molar-refractivity contribution < 1.29 is 23.1 Å². The Bertz CT molecular complexity index is 1870. The molecule has 0 saturated carbocycles. The predicted octanol–water partition coefficient (Wildman–Crippen LogP) is 4.27. The molecule has 0 spiro atoms. The van der Waals surface area contributed by atoms with Crippen LogP contribution in [0, 0.1) is 11.6 Å². The van der Waals surface area contributed by atoms with Gasteiger partial charge in [-0.15, -0.1) is 0 Å². The summed E-state index contributed by atoms with van der Waals surface area (Å²) in [6, 6.07) is 16.2. The molecule has 1 aromatic heterocycles. The van der Waals surface area contributed by atoms with Crippen LogP contribution in [0.4, 0.5) is 20.3 Å². The second-order valence-electron chi connectivity index (χ2n) is 11.3. The van der Waals surface area contributed by atoms with Crippen molar-refractivity contribution in [2.24, 2.45) is 4.99 Å². The van der Waals surface area contributed by atoms with E-state index in [1.807, 2.05) is 18.2 Å². The van der Waals surface area contributed by atoms with Crippen LogP contribution >= 0.6 is 0 Å². The lowest BCUT2D eigenvalue weighted by atomic mass is 9.92. The maximum Gasteiger partial charge on any atom is 0.257 e. The Morgan fingerprint density at radius 1 is 0.933 bits per heavy atom. The lowest BCUT2D eigenvalue weighted by molar-refractivity contribution is 0.0726. The normalized spacial score (nSPS) is 16.2. The zero-order chi connectivity index (χ0) is 31.1. The number of hydrogen-bond acceptors (Lipinski definition) is 8. The molecule has 1 saturated heterocycles. The zero-order valence-electron chi connectivity index (χ0n) is 24.4. The van der Waals surface area contributed by atoms with Crippen molar-refractivity contribution in [1.29, 1.82) is 0 Å². The van der Waals surface area contributed by atoms with Gasteiger partial charge >= 0.3 is 0 Å². The van der Waals surface area contributed by atoms with E-state index in [0.717, 1.165) is 22.7 Å². The Labute approximate surface area is 258 Å². The van der Waals surface area contributed by atoms with Crippen molar-refractivity contribution in [3.63, 3.8) is 0 Å². The summed E-state index contributed by atoms with van der Waals surface area (Å²) >= 11 is 0. The van der Waals surface area contributed by atoms with Gasteiger partial charge in [-0.25, -0.2) is 18.7 Å². The molecule has 0 atom stereocenters. The molecule has 228 valence electrons. The summed E-state index contributed by atoms with van der Waals surface area (Å²) in [6.45, 7) is 3.01. The highest BCUT2D eigenvalue weighted by atomic mass is 19.1. The first-order valence-corrected chi connectivity index (χ1v) is 14.9. The van der Waals surface area contributed by atoms with Crippen molar-refractivity contribution in [2.45, 2.75) is 19.4 Å². The lowest BCUT2D eigenvalue weighted by Crippen LogP contribution is -2.41. The Balaban J connectivity index is 1.19. The minimum absolute atomic E-state index is 0.0109. The molecule has 9 nitrogen and oxygen atoms in total. The Morgan fingerprint density at radius 3 is 2.51 bits per heavy atom. The average Bonchev–Trinajstić information content (AvgIpc) is 3.07. The van der Waals surface area contributed by atoms with Crippen LogP contribution in [0.25, 0.3) is 11.4 Å². The minimum Gasteiger partial charge on any atom is -0.396 e. The quantitative estimate of drug-likeness (QED) is 0.337. The molecule has 0 bridgehead atoms. The number of aromatic nitrogens is 2. The fourth-order valence-corrected chi connectivity index (χ4v) is 6.11. The third kappa shape index (κ3) is 5.55. The number of Topliss-reactive ketones (excluding diaryl/α,β-unsaturated/α-hetero) is 1.